The normalized spacial score (nSPS) is 17.1. The minimum Gasteiger partial charge on any atom is -0.504 e. The molecule has 2 aliphatic rings. The van der Waals surface area contributed by atoms with E-state index >= 15 is 0 Å². The SMILES string of the molecule is COc1ccc2c(O)c(C=C3N=Nc4ccccc43)oc2c1CC1CCN(C(=O)OC(C)(C)C)CC1. The largest absolute Gasteiger partial charge is 0.504 e. The summed E-state index contributed by atoms with van der Waals surface area (Å²) in [6.07, 6.45) is 3.87. The monoisotopic (exact) mass is 489 g/mol. The molecule has 0 radical (unpaired) electrons. The van der Waals surface area contributed by atoms with E-state index in [-0.39, 0.29) is 11.8 Å². The molecule has 1 N–H and O–H groups in total. The van der Waals surface area contributed by atoms with Gasteiger partial charge in [-0.1, -0.05) is 18.2 Å². The van der Waals surface area contributed by atoms with Gasteiger partial charge in [0.2, 0.25) is 0 Å². The average molecular weight is 490 g/mol. The topological polar surface area (TPSA) is 96.9 Å². The fraction of sp³-hybridized carbons (Fsp3) is 0.393. The zero-order valence-electron chi connectivity index (χ0n) is 21.1. The molecule has 0 unspecified atom stereocenters. The molecule has 0 aliphatic carbocycles. The van der Waals surface area contributed by atoms with E-state index in [1.807, 2.05) is 57.2 Å². The number of ether oxygens (including phenoxy) is 2. The van der Waals surface area contributed by atoms with Crippen molar-refractivity contribution in [3.05, 3.63) is 53.3 Å². The highest BCUT2D eigenvalue weighted by Gasteiger charge is 2.29. The summed E-state index contributed by atoms with van der Waals surface area (Å²) >= 11 is 0. The number of furan rings is 1. The summed E-state index contributed by atoms with van der Waals surface area (Å²) < 4.78 is 17.4. The van der Waals surface area contributed by atoms with Crippen LogP contribution in [0.25, 0.3) is 22.7 Å². The second-order valence-corrected chi connectivity index (χ2v) is 10.3. The Kier molecular flexibility index (Phi) is 6.20. The molecule has 2 aromatic carbocycles. The van der Waals surface area contributed by atoms with Crippen LogP contribution in [0.2, 0.25) is 0 Å². The number of nitrogens with zero attached hydrogens (tertiary/aromatic N) is 3. The molecule has 0 bridgehead atoms. The maximum Gasteiger partial charge on any atom is 0.410 e. The Hall–Kier alpha value is -3.81. The van der Waals surface area contributed by atoms with Gasteiger partial charge >= 0.3 is 6.09 Å². The predicted octanol–water partition coefficient (Wildman–Crippen LogP) is 6.93. The summed E-state index contributed by atoms with van der Waals surface area (Å²) in [6, 6.07) is 11.4. The summed E-state index contributed by atoms with van der Waals surface area (Å²) in [7, 11) is 1.64. The van der Waals surface area contributed by atoms with Crippen LogP contribution >= 0.6 is 0 Å². The van der Waals surface area contributed by atoms with E-state index in [9.17, 15) is 9.90 Å². The Morgan fingerprint density at radius 3 is 2.64 bits per heavy atom. The van der Waals surface area contributed by atoms with Gasteiger partial charge in [-0.3, -0.25) is 0 Å². The lowest BCUT2D eigenvalue weighted by Crippen LogP contribution is -2.42. The molecule has 5 rings (SSSR count). The van der Waals surface area contributed by atoms with Crippen LogP contribution in [0.4, 0.5) is 10.5 Å². The minimum atomic E-state index is -0.507. The molecule has 36 heavy (non-hydrogen) atoms. The second-order valence-electron chi connectivity index (χ2n) is 10.3. The molecule has 1 saturated heterocycles. The van der Waals surface area contributed by atoms with Crippen molar-refractivity contribution in [2.24, 2.45) is 16.1 Å². The third-order valence-corrected chi connectivity index (χ3v) is 6.61. The zero-order chi connectivity index (χ0) is 25.4. The number of amides is 1. The first-order chi connectivity index (χ1) is 17.2. The number of aromatic hydroxyl groups is 1. The fourth-order valence-corrected chi connectivity index (χ4v) is 4.79. The predicted molar refractivity (Wildman–Crippen MR) is 137 cm³/mol. The van der Waals surface area contributed by atoms with Gasteiger partial charge in [-0.25, -0.2) is 4.79 Å². The highest BCUT2D eigenvalue weighted by Crippen LogP contribution is 2.43. The van der Waals surface area contributed by atoms with E-state index < -0.39 is 5.60 Å². The number of fused-ring (bicyclic) bond motifs is 2. The molecule has 1 aromatic heterocycles. The van der Waals surface area contributed by atoms with E-state index in [4.69, 9.17) is 13.9 Å². The minimum absolute atomic E-state index is 0.0701. The van der Waals surface area contributed by atoms with Crippen molar-refractivity contribution in [3.8, 4) is 11.5 Å². The first kappa shape index (κ1) is 23.9. The van der Waals surface area contributed by atoms with Crippen LogP contribution in [-0.2, 0) is 11.2 Å². The van der Waals surface area contributed by atoms with Gasteiger partial charge in [0, 0.05) is 30.3 Å². The molecule has 0 atom stereocenters. The van der Waals surface area contributed by atoms with Crippen molar-refractivity contribution in [1.29, 1.82) is 0 Å². The molecular weight excluding hydrogens is 458 g/mol. The number of hydrogen-bond donors (Lipinski definition) is 1. The lowest BCUT2D eigenvalue weighted by Gasteiger charge is -2.33. The molecule has 1 fully saturated rings. The smallest absolute Gasteiger partial charge is 0.410 e. The number of likely N-dealkylation sites (tertiary alicyclic amines) is 1. The van der Waals surface area contributed by atoms with E-state index in [1.165, 1.54) is 0 Å². The molecule has 0 spiro atoms. The number of rotatable bonds is 4. The van der Waals surface area contributed by atoms with E-state index in [2.05, 4.69) is 10.2 Å². The van der Waals surface area contributed by atoms with E-state index in [1.54, 1.807) is 18.1 Å². The first-order valence-electron chi connectivity index (χ1n) is 12.3. The standard InChI is InChI=1S/C28H31N3O5/c1-28(2,3)36-27(33)31-13-11-17(12-14-31)15-20-23(34-4)10-9-19-25(32)24(35-26(19)20)16-22-18-7-5-6-8-21(18)29-30-22/h5-10,16-17,32H,11-15H2,1-4H3. The van der Waals surface area contributed by atoms with Gasteiger partial charge in [0.15, 0.2) is 11.5 Å². The molecule has 188 valence electrons. The van der Waals surface area contributed by atoms with Crippen molar-refractivity contribution in [2.75, 3.05) is 20.2 Å². The Labute approximate surface area is 210 Å². The maximum atomic E-state index is 12.4. The van der Waals surface area contributed by atoms with Crippen LogP contribution in [-0.4, -0.2) is 41.9 Å². The number of benzene rings is 2. The molecule has 3 aromatic rings. The molecule has 3 heterocycles. The Bertz CT molecular complexity index is 1360. The number of methoxy groups -OCH3 is 1. The Morgan fingerprint density at radius 2 is 1.92 bits per heavy atom. The van der Waals surface area contributed by atoms with Crippen molar-refractivity contribution in [2.45, 2.75) is 45.6 Å². The number of piperidine rings is 1. The van der Waals surface area contributed by atoms with Crippen LogP contribution in [0.5, 0.6) is 11.5 Å². The van der Waals surface area contributed by atoms with Crippen LogP contribution in [0.1, 0.15) is 50.5 Å². The molecule has 8 nitrogen and oxygen atoms in total. The van der Waals surface area contributed by atoms with E-state index in [0.717, 1.165) is 35.4 Å². The lowest BCUT2D eigenvalue weighted by molar-refractivity contribution is 0.0184. The van der Waals surface area contributed by atoms with Crippen molar-refractivity contribution < 1.29 is 23.8 Å². The van der Waals surface area contributed by atoms with Gasteiger partial charge in [0.1, 0.15) is 16.9 Å². The van der Waals surface area contributed by atoms with Gasteiger partial charge in [-0.05, 0) is 64.2 Å². The summed E-state index contributed by atoms with van der Waals surface area (Å²) in [5.74, 6) is 1.47. The number of carbonyl (C=O) groups is 1. The third kappa shape index (κ3) is 4.67. The maximum absolute atomic E-state index is 12.4. The van der Waals surface area contributed by atoms with Crippen molar-refractivity contribution >= 4 is 34.5 Å². The van der Waals surface area contributed by atoms with Gasteiger partial charge in [-0.15, -0.1) is 10.2 Å². The average Bonchev–Trinajstić information content (AvgIpc) is 3.40. The summed E-state index contributed by atoms with van der Waals surface area (Å²) in [5.41, 5.74) is 3.35. The number of azo groups is 1. The summed E-state index contributed by atoms with van der Waals surface area (Å²) in [5, 5.41) is 20.1. The van der Waals surface area contributed by atoms with Crippen molar-refractivity contribution in [1.82, 2.24) is 4.90 Å². The highest BCUT2D eigenvalue weighted by molar-refractivity contribution is 5.95. The molecule has 0 saturated carbocycles. The van der Waals surface area contributed by atoms with Crippen LogP contribution < -0.4 is 4.74 Å². The quantitative estimate of drug-likeness (QED) is 0.428. The van der Waals surface area contributed by atoms with Crippen LogP contribution in [0.15, 0.2) is 51.0 Å². The molecule has 1 amide bonds. The van der Waals surface area contributed by atoms with Gasteiger partial charge in [0.05, 0.1) is 23.9 Å². The van der Waals surface area contributed by atoms with Gasteiger partial charge in [-0.2, -0.15) is 0 Å². The summed E-state index contributed by atoms with van der Waals surface area (Å²) in [4.78, 5) is 14.2. The third-order valence-electron chi connectivity index (χ3n) is 6.61. The number of carbonyl (C=O) groups excluding carboxylic acids is 1. The first-order valence-corrected chi connectivity index (χ1v) is 12.3. The Morgan fingerprint density at radius 1 is 1.17 bits per heavy atom. The molecular formula is C28H31N3O5. The zero-order valence-corrected chi connectivity index (χ0v) is 21.1. The molecule has 2 aliphatic heterocycles. The van der Waals surface area contributed by atoms with Gasteiger partial charge < -0.3 is 23.9 Å². The van der Waals surface area contributed by atoms with Crippen molar-refractivity contribution in [3.63, 3.8) is 0 Å². The lowest BCUT2D eigenvalue weighted by atomic mass is 9.89. The molecule has 8 heteroatoms. The second kappa shape index (κ2) is 9.33. The van der Waals surface area contributed by atoms with Gasteiger partial charge in [0.25, 0.3) is 0 Å². The fourth-order valence-electron chi connectivity index (χ4n) is 4.79. The summed E-state index contributed by atoms with van der Waals surface area (Å²) in [6.45, 7) is 6.91. The van der Waals surface area contributed by atoms with Crippen LogP contribution in [0.3, 0.4) is 0 Å². The van der Waals surface area contributed by atoms with Crippen LogP contribution in [0, 0.1) is 5.92 Å². The highest BCUT2D eigenvalue weighted by atomic mass is 16.6. The number of hydrogen-bond acceptors (Lipinski definition) is 7. The Balaban J connectivity index is 1.39. The van der Waals surface area contributed by atoms with E-state index in [0.29, 0.717) is 47.9 Å².